The smallest absolute Gasteiger partial charge is 0.240 e. The van der Waals surface area contributed by atoms with Crippen LogP contribution >= 0.6 is 0 Å². The van der Waals surface area contributed by atoms with Crippen LogP contribution in [0.4, 0.5) is 5.69 Å². The lowest BCUT2D eigenvalue weighted by Gasteiger charge is -2.22. The van der Waals surface area contributed by atoms with Crippen molar-refractivity contribution in [1.82, 2.24) is 5.32 Å². The first-order chi connectivity index (χ1) is 10.7. The second-order valence-electron chi connectivity index (χ2n) is 6.70. The number of rotatable bonds is 8. The number of amides is 2. The Kier molecular flexibility index (Phi) is 7.23. The number of nitrogens with one attached hydrogen (secondary N) is 2. The summed E-state index contributed by atoms with van der Waals surface area (Å²) < 4.78 is 0. The molecule has 0 saturated carbocycles. The Morgan fingerprint density at radius 3 is 2.61 bits per heavy atom. The summed E-state index contributed by atoms with van der Waals surface area (Å²) >= 11 is 0. The van der Waals surface area contributed by atoms with Gasteiger partial charge >= 0.3 is 0 Å². The van der Waals surface area contributed by atoms with Gasteiger partial charge in [0.15, 0.2) is 0 Å². The largest absolute Gasteiger partial charge is 0.350 e. The fourth-order valence-electron chi connectivity index (χ4n) is 2.36. The molecule has 1 rings (SSSR count). The summed E-state index contributed by atoms with van der Waals surface area (Å²) in [6.45, 7) is 8.15. The number of hydrogen-bond donors (Lipinski definition) is 3. The van der Waals surface area contributed by atoms with Gasteiger partial charge in [0, 0.05) is 18.7 Å². The Morgan fingerprint density at radius 2 is 2.00 bits per heavy atom. The SMILES string of the molecule is CCCC(C)(N)C(=O)NCc1cccc(NC(=O)CC(C)C)c1. The zero-order valence-electron chi connectivity index (χ0n) is 14.6. The van der Waals surface area contributed by atoms with E-state index in [1.165, 1.54) is 0 Å². The molecule has 0 radical (unpaired) electrons. The van der Waals surface area contributed by atoms with Crippen molar-refractivity contribution in [2.75, 3.05) is 5.32 Å². The van der Waals surface area contributed by atoms with Gasteiger partial charge in [-0.2, -0.15) is 0 Å². The van der Waals surface area contributed by atoms with Crippen LogP contribution in [0, 0.1) is 5.92 Å². The van der Waals surface area contributed by atoms with E-state index < -0.39 is 5.54 Å². The molecule has 0 aromatic heterocycles. The third-order valence-electron chi connectivity index (χ3n) is 3.55. The maximum Gasteiger partial charge on any atom is 0.240 e. The molecule has 0 aliphatic rings. The highest BCUT2D eigenvalue weighted by Crippen LogP contribution is 2.13. The average Bonchev–Trinajstić information content (AvgIpc) is 2.44. The molecule has 0 heterocycles. The minimum absolute atomic E-state index is 0.00124. The number of nitrogens with two attached hydrogens (primary N) is 1. The monoisotopic (exact) mass is 319 g/mol. The van der Waals surface area contributed by atoms with Gasteiger partial charge in [-0.25, -0.2) is 0 Å². The molecule has 1 aromatic rings. The van der Waals surface area contributed by atoms with Crippen molar-refractivity contribution in [2.45, 2.75) is 59.0 Å². The van der Waals surface area contributed by atoms with Crippen molar-refractivity contribution in [3.8, 4) is 0 Å². The number of benzene rings is 1. The second-order valence-corrected chi connectivity index (χ2v) is 6.70. The van der Waals surface area contributed by atoms with E-state index in [1.54, 1.807) is 6.92 Å². The third kappa shape index (κ3) is 6.82. The molecule has 5 heteroatoms. The molecule has 4 N–H and O–H groups in total. The highest BCUT2D eigenvalue weighted by molar-refractivity contribution is 5.91. The van der Waals surface area contributed by atoms with Crippen LogP contribution in [-0.2, 0) is 16.1 Å². The normalized spacial score (nSPS) is 13.5. The van der Waals surface area contributed by atoms with Crippen LogP contribution in [0.1, 0.15) is 52.5 Å². The highest BCUT2D eigenvalue weighted by Gasteiger charge is 2.26. The first-order valence-corrected chi connectivity index (χ1v) is 8.20. The lowest BCUT2D eigenvalue weighted by atomic mass is 9.96. The van der Waals surface area contributed by atoms with Gasteiger partial charge in [-0.3, -0.25) is 9.59 Å². The van der Waals surface area contributed by atoms with Crippen LogP contribution in [-0.4, -0.2) is 17.4 Å². The van der Waals surface area contributed by atoms with Crippen molar-refractivity contribution in [2.24, 2.45) is 11.7 Å². The first-order valence-electron chi connectivity index (χ1n) is 8.20. The standard InChI is InChI=1S/C18H29N3O2/c1-5-9-18(4,19)17(23)20-12-14-7-6-8-15(11-14)21-16(22)10-13(2)3/h6-8,11,13H,5,9-10,12,19H2,1-4H3,(H,20,23)(H,21,22). The van der Waals surface area contributed by atoms with Gasteiger partial charge in [0.25, 0.3) is 0 Å². The molecule has 0 saturated heterocycles. The summed E-state index contributed by atoms with van der Waals surface area (Å²) in [5.74, 6) is 0.158. The van der Waals surface area contributed by atoms with E-state index in [-0.39, 0.29) is 11.8 Å². The summed E-state index contributed by atoms with van der Waals surface area (Å²) in [6.07, 6.45) is 1.99. The van der Waals surface area contributed by atoms with Crippen LogP contribution < -0.4 is 16.4 Å². The maximum atomic E-state index is 12.1. The van der Waals surface area contributed by atoms with Crippen molar-refractivity contribution in [3.05, 3.63) is 29.8 Å². The van der Waals surface area contributed by atoms with Gasteiger partial charge in [0.05, 0.1) is 5.54 Å². The average molecular weight is 319 g/mol. The molecule has 5 nitrogen and oxygen atoms in total. The van der Waals surface area contributed by atoms with E-state index in [1.807, 2.05) is 45.0 Å². The van der Waals surface area contributed by atoms with Gasteiger partial charge in [-0.1, -0.05) is 39.3 Å². The van der Waals surface area contributed by atoms with Gasteiger partial charge in [0.2, 0.25) is 11.8 Å². The van der Waals surface area contributed by atoms with Crippen LogP contribution in [0.5, 0.6) is 0 Å². The summed E-state index contributed by atoms with van der Waals surface area (Å²) in [5.41, 5.74) is 6.82. The van der Waals surface area contributed by atoms with Crippen molar-refractivity contribution in [1.29, 1.82) is 0 Å². The van der Waals surface area contributed by atoms with Crippen LogP contribution in [0.3, 0.4) is 0 Å². The van der Waals surface area contributed by atoms with E-state index in [2.05, 4.69) is 10.6 Å². The number of carbonyl (C=O) groups excluding carboxylic acids is 2. The highest BCUT2D eigenvalue weighted by atomic mass is 16.2. The van der Waals surface area contributed by atoms with Gasteiger partial charge < -0.3 is 16.4 Å². The van der Waals surface area contributed by atoms with Crippen LogP contribution in [0.25, 0.3) is 0 Å². The quantitative estimate of drug-likeness (QED) is 0.689. The molecule has 128 valence electrons. The minimum Gasteiger partial charge on any atom is -0.350 e. The predicted molar refractivity (Wildman–Crippen MR) is 93.9 cm³/mol. The molecule has 0 fully saturated rings. The lowest BCUT2D eigenvalue weighted by Crippen LogP contribution is -2.51. The maximum absolute atomic E-state index is 12.1. The second kappa shape index (κ2) is 8.67. The molecule has 1 unspecified atom stereocenters. The molecule has 0 aliphatic heterocycles. The summed E-state index contributed by atoms with van der Waals surface area (Å²) in [5, 5.41) is 5.74. The molecule has 1 aromatic carbocycles. The summed E-state index contributed by atoms with van der Waals surface area (Å²) in [7, 11) is 0. The van der Waals surface area contributed by atoms with Crippen molar-refractivity contribution in [3.63, 3.8) is 0 Å². The summed E-state index contributed by atoms with van der Waals surface area (Å²) in [6, 6.07) is 7.48. The lowest BCUT2D eigenvalue weighted by molar-refractivity contribution is -0.126. The van der Waals surface area contributed by atoms with E-state index in [4.69, 9.17) is 5.73 Å². The van der Waals surface area contributed by atoms with Gasteiger partial charge in [-0.05, 0) is 37.0 Å². The van der Waals surface area contributed by atoms with Gasteiger partial charge in [-0.15, -0.1) is 0 Å². The van der Waals surface area contributed by atoms with E-state index in [0.717, 1.165) is 17.7 Å². The van der Waals surface area contributed by atoms with Gasteiger partial charge in [0.1, 0.15) is 0 Å². The molecule has 0 spiro atoms. The minimum atomic E-state index is -0.849. The number of carbonyl (C=O) groups is 2. The Bertz CT molecular complexity index is 539. The molecule has 1 atom stereocenters. The molecule has 0 aliphatic carbocycles. The molecule has 0 bridgehead atoms. The topological polar surface area (TPSA) is 84.2 Å². The van der Waals surface area contributed by atoms with E-state index in [0.29, 0.717) is 25.3 Å². The molecular weight excluding hydrogens is 290 g/mol. The Balaban J connectivity index is 2.60. The van der Waals surface area contributed by atoms with Crippen LogP contribution in [0.15, 0.2) is 24.3 Å². The van der Waals surface area contributed by atoms with Crippen LogP contribution in [0.2, 0.25) is 0 Å². The first kappa shape index (κ1) is 19.2. The zero-order valence-corrected chi connectivity index (χ0v) is 14.6. The van der Waals surface area contributed by atoms with Crippen molar-refractivity contribution < 1.29 is 9.59 Å². The fourth-order valence-corrected chi connectivity index (χ4v) is 2.36. The predicted octanol–water partition coefficient (Wildman–Crippen LogP) is 2.80. The number of hydrogen-bond acceptors (Lipinski definition) is 3. The zero-order chi connectivity index (χ0) is 17.5. The van der Waals surface area contributed by atoms with E-state index in [9.17, 15) is 9.59 Å². The molecular formula is C18H29N3O2. The number of anilines is 1. The third-order valence-corrected chi connectivity index (χ3v) is 3.55. The Hall–Kier alpha value is -1.88. The fraction of sp³-hybridized carbons (Fsp3) is 0.556. The van der Waals surface area contributed by atoms with Crippen molar-refractivity contribution >= 4 is 17.5 Å². The Morgan fingerprint density at radius 1 is 1.30 bits per heavy atom. The Labute approximate surface area is 139 Å². The van der Waals surface area contributed by atoms with E-state index >= 15 is 0 Å². The molecule has 23 heavy (non-hydrogen) atoms. The summed E-state index contributed by atoms with van der Waals surface area (Å²) in [4.78, 5) is 23.9. The molecule has 2 amide bonds.